The molecule has 0 aliphatic carbocycles. The fraction of sp³-hybridized carbons (Fsp3) is 0.100. The second kappa shape index (κ2) is 8.65. The van der Waals surface area contributed by atoms with E-state index in [1.54, 1.807) is 13.0 Å². The molecule has 0 aliphatic rings. The Balaban J connectivity index is 1.65. The van der Waals surface area contributed by atoms with Crippen molar-refractivity contribution in [2.24, 2.45) is 0 Å². The Bertz CT molecular complexity index is 1070. The van der Waals surface area contributed by atoms with Crippen LogP contribution in [0.3, 0.4) is 0 Å². The summed E-state index contributed by atoms with van der Waals surface area (Å²) in [4.78, 5) is 29.2. The molecule has 0 atom stereocenters. The molecule has 3 aromatic rings. The molecule has 1 aromatic heterocycles. The van der Waals surface area contributed by atoms with Crippen molar-refractivity contribution in [1.82, 2.24) is 4.98 Å². The molecule has 28 heavy (non-hydrogen) atoms. The summed E-state index contributed by atoms with van der Waals surface area (Å²) in [5.41, 5.74) is 1.96. The molecular formula is C20H14ClN3O3S. The van der Waals surface area contributed by atoms with Crippen LogP contribution in [0.2, 0.25) is 5.02 Å². The second-order valence-electron chi connectivity index (χ2n) is 5.73. The molecule has 0 aliphatic heterocycles. The number of carbonyl (C=O) groups is 2. The highest BCUT2D eigenvalue weighted by Gasteiger charge is 2.19. The molecule has 0 bridgehead atoms. The number of rotatable bonds is 5. The van der Waals surface area contributed by atoms with Crippen molar-refractivity contribution in [1.29, 1.82) is 5.26 Å². The molecular weight excluding hydrogens is 398 g/mol. The van der Waals surface area contributed by atoms with Gasteiger partial charge in [0.2, 0.25) is 0 Å². The number of hydrogen-bond donors (Lipinski definition) is 1. The van der Waals surface area contributed by atoms with Crippen LogP contribution >= 0.6 is 22.9 Å². The number of benzene rings is 2. The van der Waals surface area contributed by atoms with Crippen LogP contribution < -0.4 is 5.32 Å². The summed E-state index contributed by atoms with van der Waals surface area (Å²) in [6, 6.07) is 15.9. The number of halogens is 1. The van der Waals surface area contributed by atoms with Crippen molar-refractivity contribution in [3.05, 3.63) is 69.7 Å². The van der Waals surface area contributed by atoms with Gasteiger partial charge in [-0.1, -0.05) is 41.9 Å². The van der Waals surface area contributed by atoms with Crippen molar-refractivity contribution in [2.75, 3.05) is 11.9 Å². The number of aromatic nitrogens is 1. The van der Waals surface area contributed by atoms with E-state index in [9.17, 15) is 9.59 Å². The first-order valence-electron chi connectivity index (χ1n) is 8.17. The molecule has 0 fully saturated rings. The van der Waals surface area contributed by atoms with E-state index in [2.05, 4.69) is 10.3 Å². The average molecular weight is 412 g/mol. The average Bonchev–Trinajstić information content (AvgIpc) is 3.09. The minimum Gasteiger partial charge on any atom is -0.451 e. The number of carbonyl (C=O) groups excluding carboxylic acids is 2. The van der Waals surface area contributed by atoms with Crippen molar-refractivity contribution in [2.45, 2.75) is 6.92 Å². The predicted octanol–water partition coefficient (Wildman–Crippen LogP) is 4.44. The highest BCUT2D eigenvalue weighted by atomic mass is 35.5. The van der Waals surface area contributed by atoms with Gasteiger partial charge in [-0.25, -0.2) is 9.78 Å². The fourth-order valence-electron chi connectivity index (χ4n) is 2.39. The van der Waals surface area contributed by atoms with E-state index in [1.165, 1.54) is 23.5 Å². The van der Waals surface area contributed by atoms with E-state index in [-0.39, 0.29) is 11.3 Å². The van der Waals surface area contributed by atoms with Crippen molar-refractivity contribution in [3.8, 4) is 16.6 Å². The lowest BCUT2D eigenvalue weighted by Crippen LogP contribution is -2.21. The molecule has 0 radical (unpaired) electrons. The molecule has 3 rings (SSSR count). The normalized spacial score (nSPS) is 10.2. The number of ether oxygens (including phenoxy) is 1. The largest absolute Gasteiger partial charge is 0.451 e. The third kappa shape index (κ3) is 4.55. The van der Waals surface area contributed by atoms with Gasteiger partial charge in [-0.05, 0) is 25.1 Å². The Kier molecular flexibility index (Phi) is 6.04. The maximum atomic E-state index is 12.3. The van der Waals surface area contributed by atoms with Crippen LogP contribution in [-0.4, -0.2) is 23.5 Å². The summed E-state index contributed by atoms with van der Waals surface area (Å²) in [5, 5.41) is 12.7. The molecule has 8 heteroatoms. The number of aryl methyl sites for hydroxylation is 1. The Labute approximate surface area is 170 Å². The quantitative estimate of drug-likeness (QED) is 0.626. The molecule has 0 spiro atoms. The number of esters is 1. The zero-order chi connectivity index (χ0) is 20.1. The molecule has 2 aromatic carbocycles. The first-order valence-corrected chi connectivity index (χ1v) is 9.37. The van der Waals surface area contributed by atoms with Gasteiger partial charge in [0.1, 0.15) is 16.0 Å². The molecule has 1 heterocycles. The highest BCUT2D eigenvalue weighted by Crippen LogP contribution is 2.28. The molecule has 0 saturated carbocycles. The zero-order valence-electron chi connectivity index (χ0n) is 14.7. The summed E-state index contributed by atoms with van der Waals surface area (Å²) in [7, 11) is 0. The van der Waals surface area contributed by atoms with Gasteiger partial charge in [0.15, 0.2) is 6.61 Å². The fourth-order valence-corrected chi connectivity index (χ4v) is 3.53. The SMILES string of the molecule is Cc1nc(-c2ccccc2)sc1C(=O)OCC(=O)Nc1cc(Cl)ccc1C#N. The standard InChI is InChI=1S/C20H14ClN3O3S/c1-12-18(28-19(23-12)13-5-3-2-4-6-13)20(26)27-11-17(25)24-16-9-15(21)8-7-14(16)10-22/h2-9H,11H2,1H3,(H,24,25). The number of nitrogens with one attached hydrogen (secondary N) is 1. The highest BCUT2D eigenvalue weighted by molar-refractivity contribution is 7.17. The Morgan fingerprint density at radius 2 is 2.00 bits per heavy atom. The van der Waals surface area contributed by atoms with E-state index >= 15 is 0 Å². The van der Waals surface area contributed by atoms with Gasteiger partial charge in [0, 0.05) is 10.6 Å². The van der Waals surface area contributed by atoms with Gasteiger partial charge in [0.05, 0.1) is 16.9 Å². The van der Waals surface area contributed by atoms with Crippen LogP contribution in [0.4, 0.5) is 5.69 Å². The maximum Gasteiger partial charge on any atom is 0.350 e. The lowest BCUT2D eigenvalue weighted by molar-refractivity contribution is -0.119. The molecule has 0 saturated heterocycles. The summed E-state index contributed by atoms with van der Waals surface area (Å²) in [6.45, 7) is 1.22. The van der Waals surface area contributed by atoms with Gasteiger partial charge >= 0.3 is 5.97 Å². The van der Waals surface area contributed by atoms with Crippen LogP contribution in [0.25, 0.3) is 10.6 Å². The Morgan fingerprint density at radius 3 is 2.71 bits per heavy atom. The summed E-state index contributed by atoms with van der Waals surface area (Å²) in [5.74, 6) is -1.20. The summed E-state index contributed by atoms with van der Waals surface area (Å²) in [6.07, 6.45) is 0. The number of nitrogens with zero attached hydrogens (tertiary/aromatic N) is 2. The van der Waals surface area contributed by atoms with Crippen molar-refractivity contribution < 1.29 is 14.3 Å². The number of thiazole rings is 1. The monoisotopic (exact) mass is 411 g/mol. The van der Waals surface area contributed by atoms with Gasteiger partial charge in [-0.2, -0.15) is 5.26 Å². The predicted molar refractivity (Wildman–Crippen MR) is 107 cm³/mol. The molecule has 1 N–H and O–H groups in total. The molecule has 140 valence electrons. The smallest absolute Gasteiger partial charge is 0.350 e. The Hall–Kier alpha value is -3.21. The van der Waals surface area contributed by atoms with E-state index in [0.29, 0.717) is 20.6 Å². The molecule has 1 amide bonds. The number of amides is 1. The Morgan fingerprint density at radius 1 is 1.25 bits per heavy atom. The topological polar surface area (TPSA) is 92.1 Å². The second-order valence-corrected chi connectivity index (χ2v) is 7.16. The van der Waals surface area contributed by atoms with Crippen molar-refractivity contribution in [3.63, 3.8) is 0 Å². The maximum absolute atomic E-state index is 12.3. The zero-order valence-corrected chi connectivity index (χ0v) is 16.3. The number of nitriles is 1. The van der Waals surface area contributed by atoms with E-state index < -0.39 is 18.5 Å². The van der Waals surface area contributed by atoms with Gasteiger partial charge in [0.25, 0.3) is 5.91 Å². The van der Waals surface area contributed by atoms with Crippen molar-refractivity contribution >= 4 is 40.5 Å². The van der Waals surface area contributed by atoms with Crippen LogP contribution in [-0.2, 0) is 9.53 Å². The minimum atomic E-state index is -0.626. The van der Waals surface area contributed by atoms with Crippen LogP contribution in [0.15, 0.2) is 48.5 Å². The number of hydrogen-bond acceptors (Lipinski definition) is 6. The summed E-state index contributed by atoms with van der Waals surface area (Å²) >= 11 is 7.09. The first-order chi connectivity index (χ1) is 13.5. The van der Waals surface area contributed by atoms with Gasteiger partial charge in [-0.3, -0.25) is 4.79 Å². The van der Waals surface area contributed by atoms with E-state index in [0.717, 1.165) is 5.56 Å². The third-order valence-corrected chi connectivity index (χ3v) is 5.13. The summed E-state index contributed by atoms with van der Waals surface area (Å²) < 4.78 is 5.10. The van der Waals surface area contributed by atoms with Crippen LogP contribution in [0, 0.1) is 18.3 Å². The molecule has 0 unspecified atom stereocenters. The van der Waals surface area contributed by atoms with E-state index in [4.69, 9.17) is 21.6 Å². The number of anilines is 1. The van der Waals surface area contributed by atoms with Gasteiger partial charge < -0.3 is 10.1 Å². The van der Waals surface area contributed by atoms with Gasteiger partial charge in [-0.15, -0.1) is 11.3 Å². The van der Waals surface area contributed by atoms with Crippen LogP contribution in [0.1, 0.15) is 20.9 Å². The van der Waals surface area contributed by atoms with E-state index in [1.807, 2.05) is 36.4 Å². The first kappa shape index (κ1) is 19.5. The lowest BCUT2D eigenvalue weighted by atomic mass is 10.2. The van der Waals surface area contributed by atoms with Crippen LogP contribution in [0.5, 0.6) is 0 Å². The lowest BCUT2D eigenvalue weighted by Gasteiger charge is -2.08. The minimum absolute atomic E-state index is 0.259. The molecule has 6 nitrogen and oxygen atoms in total. The third-order valence-electron chi connectivity index (χ3n) is 3.71.